The lowest BCUT2D eigenvalue weighted by molar-refractivity contribution is -0.123. The molecule has 0 radical (unpaired) electrons. The lowest BCUT2D eigenvalue weighted by atomic mass is 10.1. The Bertz CT molecular complexity index is 824. The molecule has 0 unspecified atom stereocenters. The van der Waals surface area contributed by atoms with Gasteiger partial charge in [0.15, 0.2) is 6.61 Å². The molecule has 0 aliphatic carbocycles. The van der Waals surface area contributed by atoms with E-state index in [1.165, 1.54) is 7.05 Å². The van der Waals surface area contributed by atoms with E-state index < -0.39 is 6.09 Å². The largest absolute Gasteiger partial charge is 0.497 e. The van der Waals surface area contributed by atoms with Crippen LogP contribution in [0.4, 0.5) is 10.6 Å². The average Bonchev–Trinajstić information content (AvgIpc) is 3.04. The Morgan fingerprint density at radius 1 is 1.03 bits per heavy atom. The van der Waals surface area contributed by atoms with Gasteiger partial charge in [-0.2, -0.15) is 0 Å². The first-order chi connectivity index (χ1) is 14.1. The topological polar surface area (TPSA) is 84.0 Å². The van der Waals surface area contributed by atoms with Crippen LogP contribution in [0.3, 0.4) is 0 Å². The molecule has 8 heteroatoms. The van der Waals surface area contributed by atoms with Crippen molar-refractivity contribution < 1.29 is 19.1 Å². The van der Waals surface area contributed by atoms with E-state index in [0.717, 1.165) is 35.7 Å². The lowest BCUT2D eigenvalue weighted by Crippen LogP contribution is -2.37. The summed E-state index contributed by atoms with van der Waals surface area (Å²) in [4.78, 5) is 31.8. The number of nitrogens with one attached hydrogen (secondary N) is 1. The van der Waals surface area contributed by atoms with Gasteiger partial charge in [-0.1, -0.05) is 12.1 Å². The molecular formula is C21H26N4O4. The number of methoxy groups -OCH3 is 1. The van der Waals surface area contributed by atoms with E-state index in [1.807, 2.05) is 42.6 Å². The number of likely N-dealkylation sites (N-methyl/N-ethyl adjacent to an activating group) is 1. The number of benzene rings is 1. The number of carbonyl (C=O) groups excluding carboxylic acids is 2. The minimum absolute atomic E-state index is 0.260. The normalized spacial score (nSPS) is 14.1. The quantitative estimate of drug-likeness (QED) is 0.831. The highest BCUT2D eigenvalue weighted by atomic mass is 16.6. The predicted molar refractivity (Wildman–Crippen MR) is 110 cm³/mol. The molecule has 1 aliphatic rings. The maximum Gasteiger partial charge on any atom is 0.410 e. The average molecular weight is 398 g/mol. The minimum atomic E-state index is -0.460. The Morgan fingerprint density at radius 3 is 2.45 bits per heavy atom. The first-order valence-electron chi connectivity index (χ1n) is 9.58. The Morgan fingerprint density at radius 2 is 1.79 bits per heavy atom. The second-order valence-electron chi connectivity index (χ2n) is 6.69. The van der Waals surface area contributed by atoms with Crippen LogP contribution in [0.5, 0.6) is 5.75 Å². The fourth-order valence-electron chi connectivity index (χ4n) is 3.15. The van der Waals surface area contributed by atoms with Gasteiger partial charge in [0.05, 0.1) is 7.11 Å². The van der Waals surface area contributed by atoms with Gasteiger partial charge in [-0.25, -0.2) is 9.78 Å². The fraction of sp³-hybridized carbons (Fsp3) is 0.381. The van der Waals surface area contributed by atoms with Crippen LogP contribution in [0.1, 0.15) is 6.42 Å². The van der Waals surface area contributed by atoms with E-state index in [1.54, 1.807) is 12.0 Å². The Hall–Kier alpha value is -3.29. The van der Waals surface area contributed by atoms with Crippen molar-refractivity contribution in [3.05, 3.63) is 42.6 Å². The molecule has 1 aromatic heterocycles. The number of hydrogen-bond acceptors (Lipinski definition) is 6. The molecule has 0 saturated carbocycles. The second kappa shape index (κ2) is 9.77. The highest BCUT2D eigenvalue weighted by Gasteiger charge is 2.21. The Labute approximate surface area is 170 Å². The zero-order valence-electron chi connectivity index (χ0n) is 16.8. The van der Waals surface area contributed by atoms with Crippen molar-refractivity contribution >= 4 is 17.8 Å². The molecule has 1 aromatic carbocycles. The summed E-state index contributed by atoms with van der Waals surface area (Å²) < 4.78 is 10.2. The summed E-state index contributed by atoms with van der Waals surface area (Å²) in [6.45, 7) is 2.31. The maximum atomic E-state index is 12.1. The molecule has 2 heterocycles. The Kier molecular flexibility index (Phi) is 6.89. The van der Waals surface area contributed by atoms with Gasteiger partial charge in [-0.15, -0.1) is 0 Å². The van der Waals surface area contributed by atoms with Crippen molar-refractivity contribution in [2.75, 3.05) is 51.8 Å². The molecule has 2 amide bonds. The van der Waals surface area contributed by atoms with Crippen molar-refractivity contribution in [3.63, 3.8) is 0 Å². The number of nitrogens with zero attached hydrogens (tertiary/aromatic N) is 3. The number of hydrogen-bond donors (Lipinski definition) is 1. The summed E-state index contributed by atoms with van der Waals surface area (Å²) in [7, 11) is 3.15. The van der Waals surface area contributed by atoms with Crippen LogP contribution in [-0.2, 0) is 9.53 Å². The van der Waals surface area contributed by atoms with Crippen molar-refractivity contribution in [1.82, 2.24) is 15.2 Å². The van der Waals surface area contributed by atoms with Crippen LogP contribution in [0.25, 0.3) is 11.1 Å². The van der Waals surface area contributed by atoms with Gasteiger partial charge in [0.1, 0.15) is 11.6 Å². The molecule has 8 nitrogen and oxygen atoms in total. The summed E-state index contributed by atoms with van der Waals surface area (Å²) in [5.74, 6) is 1.38. The van der Waals surface area contributed by atoms with Crippen LogP contribution in [0, 0.1) is 0 Å². The number of pyridine rings is 1. The zero-order chi connectivity index (χ0) is 20.6. The van der Waals surface area contributed by atoms with E-state index in [9.17, 15) is 9.59 Å². The minimum Gasteiger partial charge on any atom is -0.497 e. The van der Waals surface area contributed by atoms with Gasteiger partial charge < -0.3 is 24.6 Å². The monoisotopic (exact) mass is 398 g/mol. The molecule has 1 fully saturated rings. The first-order valence-corrected chi connectivity index (χ1v) is 9.58. The van der Waals surface area contributed by atoms with Crippen LogP contribution >= 0.6 is 0 Å². The second-order valence-corrected chi connectivity index (χ2v) is 6.69. The molecule has 3 rings (SSSR count). The molecule has 29 heavy (non-hydrogen) atoms. The van der Waals surface area contributed by atoms with Crippen molar-refractivity contribution in [3.8, 4) is 16.9 Å². The number of rotatable bonds is 5. The third kappa shape index (κ3) is 5.37. The summed E-state index contributed by atoms with van der Waals surface area (Å²) in [5, 5.41) is 2.43. The number of amides is 2. The van der Waals surface area contributed by atoms with Gasteiger partial charge in [0, 0.05) is 45.0 Å². The predicted octanol–water partition coefficient (Wildman–Crippen LogP) is 2.15. The molecule has 0 atom stereocenters. The zero-order valence-corrected chi connectivity index (χ0v) is 16.8. The van der Waals surface area contributed by atoms with Crippen LogP contribution < -0.4 is 15.0 Å². The van der Waals surface area contributed by atoms with Gasteiger partial charge in [0.2, 0.25) is 0 Å². The standard InChI is InChI=1S/C21H26N4O4/c1-22-20(26)15-29-21(27)25-11-3-10-24(12-13-25)19-9-6-17(14-23-19)16-4-7-18(28-2)8-5-16/h4-9,14H,3,10-13,15H2,1-2H3,(H,22,26). The molecular weight excluding hydrogens is 372 g/mol. The molecule has 2 aromatic rings. The summed E-state index contributed by atoms with van der Waals surface area (Å²) in [6.07, 6.45) is 2.20. The van der Waals surface area contributed by atoms with Crippen LogP contribution in [0.2, 0.25) is 0 Å². The highest BCUT2D eigenvalue weighted by molar-refractivity contribution is 5.79. The van der Waals surface area contributed by atoms with Crippen molar-refractivity contribution in [2.24, 2.45) is 0 Å². The molecule has 1 saturated heterocycles. The fourth-order valence-corrected chi connectivity index (χ4v) is 3.15. The van der Waals surface area contributed by atoms with Crippen LogP contribution in [0.15, 0.2) is 42.6 Å². The van der Waals surface area contributed by atoms with E-state index in [2.05, 4.69) is 15.2 Å². The van der Waals surface area contributed by atoms with Crippen molar-refractivity contribution in [2.45, 2.75) is 6.42 Å². The Balaban J connectivity index is 1.58. The molecule has 1 N–H and O–H groups in total. The molecule has 1 aliphatic heterocycles. The lowest BCUT2D eigenvalue weighted by Gasteiger charge is -2.22. The molecule has 0 spiro atoms. The number of ether oxygens (including phenoxy) is 2. The maximum absolute atomic E-state index is 12.1. The number of aromatic nitrogens is 1. The van der Waals surface area contributed by atoms with Gasteiger partial charge in [0.25, 0.3) is 5.91 Å². The summed E-state index contributed by atoms with van der Waals surface area (Å²) >= 11 is 0. The van der Waals surface area contributed by atoms with Gasteiger partial charge in [-0.05, 0) is 36.2 Å². The first kappa shape index (κ1) is 20.4. The molecule has 154 valence electrons. The summed E-state index contributed by atoms with van der Waals surface area (Å²) in [6, 6.07) is 11.9. The third-order valence-electron chi connectivity index (χ3n) is 4.85. The number of anilines is 1. The van der Waals surface area contributed by atoms with Crippen molar-refractivity contribution in [1.29, 1.82) is 0 Å². The highest BCUT2D eigenvalue weighted by Crippen LogP contribution is 2.24. The van der Waals surface area contributed by atoms with E-state index in [-0.39, 0.29) is 12.5 Å². The summed E-state index contributed by atoms with van der Waals surface area (Å²) in [5.41, 5.74) is 2.11. The smallest absolute Gasteiger partial charge is 0.410 e. The molecule has 0 bridgehead atoms. The SMILES string of the molecule is CNC(=O)COC(=O)N1CCCN(c2ccc(-c3ccc(OC)cc3)cn2)CC1. The third-order valence-corrected chi connectivity index (χ3v) is 4.85. The van der Waals surface area contributed by atoms with Crippen LogP contribution in [-0.4, -0.2) is 68.8 Å². The van der Waals surface area contributed by atoms with Gasteiger partial charge >= 0.3 is 6.09 Å². The number of carbonyl (C=O) groups is 2. The van der Waals surface area contributed by atoms with E-state index in [4.69, 9.17) is 9.47 Å². The van der Waals surface area contributed by atoms with E-state index >= 15 is 0 Å². The van der Waals surface area contributed by atoms with E-state index in [0.29, 0.717) is 19.6 Å². The van der Waals surface area contributed by atoms with Gasteiger partial charge in [-0.3, -0.25) is 4.79 Å².